The van der Waals surface area contributed by atoms with Gasteiger partial charge in [0.05, 0.1) is 12.8 Å². The molecule has 0 aliphatic carbocycles. The first-order valence-electron chi connectivity index (χ1n) is 5.98. The summed E-state index contributed by atoms with van der Waals surface area (Å²) in [6.45, 7) is -0.835. The van der Waals surface area contributed by atoms with E-state index in [1.54, 1.807) is 19.1 Å². The first-order chi connectivity index (χ1) is 10.1. The van der Waals surface area contributed by atoms with Crippen molar-refractivity contribution in [2.75, 3.05) is 6.61 Å². The van der Waals surface area contributed by atoms with E-state index in [1.807, 2.05) is 0 Å². The summed E-state index contributed by atoms with van der Waals surface area (Å²) in [7, 11) is 0. The number of hydrogen-bond acceptors (Lipinski definition) is 5. The number of nitrogens with one attached hydrogen (secondary N) is 1. The first kappa shape index (κ1) is 15.1. The highest BCUT2D eigenvalue weighted by Gasteiger charge is 2.11. The Hall–Kier alpha value is -2.29. The number of nitrogens with zero attached hydrogens (tertiary/aromatic N) is 3. The summed E-state index contributed by atoms with van der Waals surface area (Å²) >= 11 is 4.94. The van der Waals surface area contributed by atoms with Crippen LogP contribution in [0.5, 0.6) is 11.5 Å². The van der Waals surface area contributed by atoms with Crippen molar-refractivity contribution in [3.8, 4) is 11.5 Å². The molecule has 0 saturated carbocycles. The third kappa shape index (κ3) is 4.09. The zero-order valence-corrected chi connectivity index (χ0v) is 11.8. The topological polar surface area (TPSA) is 64.4 Å². The van der Waals surface area contributed by atoms with Crippen LogP contribution in [0.2, 0.25) is 0 Å². The van der Waals surface area contributed by atoms with Crippen LogP contribution < -0.4 is 9.47 Å². The van der Waals surface area contributed by atoms with Gasteiger partial charge in [0.2, 0.25) is 4.77 Å². The summed E-state index contributed by atoms with van der Waals surface area (Å²) in [4.78, 5) is 0. The molecule has 2 rings (SSSR count). The number of halogens is 2. The Balaban J connectivity index is 2.25. The molecule has 1 aromatic carbocycles. The van der Waals surface area contributed by atoms with Crippen molar-refractivity contribution in [1.29, 1.82) is 0 Å². The number of ether oxygens (including phenoxy) is 2. The molecule has 0 unspecified atom stereocenters. The molecule has 0 aliphatic heterocycles. The zero-order valence-electron chi connectivity index (χ0n) is 11.0. The van der Waals surface area contributed by atoms with Crippen molar-refractivity contribution in [2.45, 2.75) is 13.5 Å². The molecule has 0 saturated heterocycles. The summed E-state index contributed by atoms with van der Waals surface area (Å²) < 4.78 is 35.9. The molecule has 112 valence electrons. The Morgan fingerprint density at radius 1 is 1.48 bits per heavy atom. The van der Waals surface area contributed by atoms with Crippen LogP contribution in [0.25, 0.3) is 0 Å². The summed E-state index contributed by atoms with van der Waals surface area (Å²) in [6, 6.07) is 4.52. The molecule has 0 bridgehead atoms. The molecule has 1 N–H and O–H groups in total. The largest absolute Gasteiger partial charge is 0.490 e. The molecule has 0 aliphatic rings. The van der Waals surface area contributed by atoms with E-state index in [-0.39, 0.29) is 11.5 Å². The van der Waals surface area contributed by atoms with E-state index in [0.717, 1.165) is 0 Å². The lowest BCUT2D eigenvalue weighted by molar-refractivity contribution is -0.0514. The highest BCUT2D eigenvalue weighted by atomic mass is 32.1. The van der Waals surface area contributed by atoms with E-state index in [4.69, 9.17) is 17.0 Å². The van der Waals surface area contributed by atoms with Crippen LogP contribution in [0, 0.1) is 4.77 Å². The molecule has 0 amide bonds. The van der Waals surface area contributed by atoms with Crippen LogP contribution in [-0.4, -0.2) is 34.3 Å². The predicted octanol–water partition coefficient (Wildman–Crippen LogP) is 2.82. The van der Waals surface area contributed by atoms with E-state index in [9.17, 15) is 8.78 Å². The third-order valence-electron chi connectivity index (χ3n) is 2.35. The van der Waals surface area contributed by atoms with E-state index in [0.29, 0.717) is 16.9 Å². The molecule has 2 aromatic rings. The van der Waals surface area contributed by atoms with E-state index in [1.165, 1.54) is 23.3 Å². The number of aromatic amines is 1. The normalized spacial score (nSPS) is 11.2. The van der Waals surface area contributed by atoms with Crippen molar-refractivity contribution < 1.29 is 18.3 Å². The predicted molar refractivity (Wildman–Crippen MR) is 74.6 cm³/mol. The molecule has 1 aromatic heterocycles. The Labute approximate surface area is 124 Å². The smallest absolute Gasteiger partial charge is 0.387 e. The van der Waals surface area contributed by atoms with E-state index in [2.05, 4.69) is 20.0 Å². The van der Waals surface area contributed by atoms with Gasteiger partial charge >= 0.3 is 6.61 Å². The van der Waals surface area contributed by atoms with Crippen molar-refractivity contribution >= 4 is 18.4 Å². The monoisotopic (exact) mass is 314 g/mol. The number of hydrogen-bond donors (Lipinski definition) is 1. The van der Waals surface area contributed by atoms with Crippen molar-refractivity contribution in [2.24, 2.45) is 5.10 Å². The Bertz CT molecular complexity index is 684. The third-order valence-corrected chi connectivity index (χ3v) is 2.63. The second-order valence-electron chi connectivity index (χ2n) is 3.77. The molecule has 1 heterocycles. The first-order valence-corrected chi connectivity index (χ1v) is 6.39. The zero-order chi connectivity index (χ0) is 15.2. The Morgan fingerprint density at radius 2 is 2.29 bits per heavy atom. The maximum Gasteiger partial charge on any atom is 0.387 e. The Kier molecular flexibility index (Phi) is 4.99. The van der Waals surface area contributed by atoms with Gasteiger partial charge in [-0.15, -0.1) is 0 Å². The molecule has 6 nitrogen and oxygen atoms in total. The maximum absolute atomic E-state index is 12.3. The minimum Gasteiger partial charge on any atom is -0.490 e. The Morgan fingerprint density at radius 3 is 2.90 bits per heavy atom. The van der Waals surface area contributed by atoms with Gasteiger partial charge in [0.1, 0.15) is 6.33 Å². The highest BCUT2D eigenvalue weighted by molar-refractivity contribution is 7.71. The molecular formula is C12H12F2N4O2S. The van der Waals surface area contributed by atoms with Crippen LogP contribution in [0.3, 0.4) is 0 Å². The fraction of sp³-hybridized carbons (Fsp3) is 0.250. The van der Waals surface area contributed by atoms with Gasteiger partial charge in [0.15, 0.2) is 11.5 Å². The van der Waals surface area contributed by atoms with E-state index >= 15 is 0 Å². The molecular weight excluding hydrogens is 302 g/mol. The van der Waals surface area contributed by atoms with Crippen LogP contribution >= 0.6 is 12.2 Å². The van der Waals surface area contributed by atoms with Crippen molar-refractivity contribution in [1.82, 2.24) is 14.9 Å². The molecule has 0 radical (unpaired) electrons. The van der Waals surface area contributed by atoms with Gasteiger partial charge in [-0.1, -0.05) is 0 Å². The van der Waals surface area contributed by atoms with Gasteiger partial charge < -0.3 is 9.47 Å². The highest BCUT2D eigenvalue weighted by Crippen LogP contribution is 2.29. The van der Waals surface area contributed by atoms with Gasteiger partial charge in [0.25, 0.3) is 0 Å². The molecule has 21 heavy (non-hydrogen) atoms. The van der Waals surface area contributed by atoms with Crippen LogP contribution in [-0.2, 0) is 0 Å². The summed E-state index contributed by atoms with van der Waals surface area (Å²) in [5.74, 6) is 0.196. The van der Waals surface area contributed by atoms with Gasteiger partial charge in [-0.3, -0.25) is 5.10 Å². The van der Waals surface area contributed by atoms with Crippen molar-refractivity contribution in [3.05, 3.63) is 34.9 Å². The number of aromatic nitrogens is 3. The quantitative estimate of drug-likeness (QED) is 0.658. The summed E-state index contributed by atoms with van der Waals surface area (Å²) in [6.07, 6.45) is 2.91. The maximum atomic E-state index is 12.3. The van der Waals surface area contributed by atoms with Gasteiger partial charge in [-0.05, 0) is 42.9 Å². The standard InChI is InChI=1S/C12H12F2N4O2S/c1-2-19-10-5-8(3-4-9(10)20-11(13)14)6-16-18-7-15-17-12(18)21/h3-7,11H,2H2,1H3,(H,17,21)/b16-6+. The molecule has 0 atom stereocenters. The van der Waals surface area contributed by atoms with Crippen LogP contribution in [0.1, 0.15) is 12.5 Å². The minimum absolute atomic E-state index is 0.0241. The fourth-order valence-electron chi connectivity index (χ4n) is 1.52. The number of benzene rings is 1. The van der Waals surface area contributed by atoms with Gasteiger partial charge in [-0.2, -0.15) is 23.7 Å². The molecule has 9 heteroatoms. The molecule has 0 fully saturated rings. The summed E-state index contributed by atoms with van der Waals surface area (Å²) in [5, 5.41) is 10.4. The minimum atomic E-state index is -2.91. The lowest BCUT2D eigenvalue weighted by Crippen LogP contribution is -2.05. The second-order valence-corrected chi connectivity index (χ2v) is 4.16. The average Bonchev–Trinajstić information content (AvgIpc) is 2.84. The fourth-order valence-corrected chi connectivity index (χ4v) is 1.67. The van der Waals surface area contributed by atoms with Gasteiger partial charge in [-0.25, -0.2) is 0 Å². The number of rotatable bonds is 6. The molecule has 0 spiro atoms. The van der Waals surface area contributed by atoms with Crippen LogP contribution in [0.15, 0.2) is 29.6 Å². The number of alkyl halides is 2. The van der Waals surface area contributed by atoms with Gasteiger partial charge in [0, 0.05) is 0 Å². The number of H-pyrrole nitrogens is 1. The lowest BCUT2D eigenvalue weighted by Gasteiger charge is -2.11. The van der Waals surface area contributed by atoms with E-state index < -0.39 is 6.61 Å². The van der Waals surface area contributed by atoms with Crippen LogP contribution in [0.4, 0.5) is 8.78 Å². The lowest BCUT2D eigenvalue weighted by atomic mass is 10.2. The summed E-state index contributed by atoms with van der Waals surface area (Å²) in [5.41, 5.74) is 0.642. The van der Waals surface area contributed by atoms with Crippen molar-refractivity contribution in [3.63, 3.8) is 0 Å². The SMILES string of the molecule is CCOc1cc(/C=N/n2cn[nH]c2=S)ccc1OC(F)F. The average molecular weight is 314 g/mol. The second kappa shape index (κ2) is 6.93.